The maximum Gasteiger partial charge on any atom is 0.159 e. The molecular weight excluding hydrogens is 180 g/mol. The Morgan fingerprint density at radius 2 is 1.50 bits per heavy atom. The van der Waals surface area contributed by atoms with Gasteiger partial charge in [-0.3, -0.25) is 0 Å². The minimum absolute atomic E-state index is 0.158. The summed E-state index contributed by atoms with van der Waals surface area (Å²) in [7, 11) is 3.28. The lowest BCUT2D eigenvalue weighted by Gasteiger charge is -2.23. The zero-order chi connectivity index (χ0) is 11.1. The Kier molecular flexibility index (Phi) is 7.15. The molecule has 0 aliphatic carbocycles. The standard InChI is InChI=1S/C11H24O3/c1-8(2)10(12)7-6-9(3)11(13-4)14-5/h8-12H,6-7H2,1-5H3. The molecule has 0 heterocycles. The van der Waals surface area contributed by atoms with Gasteiger partial charge in [-0.05, 0) is 18.8 Å². The third kappa shape index (κ3) is 4.94. The number of hydrogen-bond acceptors (Lipinski definition) is 3. The van der Waals surface area contributed by atoms with Gasteiger partial charge in [0.15, 0.2) is 6.29 Å². The normalized spacial score (nSPS) is 16.3. The SMILES string of the molecule is COC(OC)C(C)CCC(O)C(C)C. The van der Waals surface area contributed by atoms with Gasteiger partial charge in [-0.1, -0.05) is 20.8 Å². The van der Waals surface area contributed by atoms with Crippen molar-refractivity contribution in [3.8, 4) is 0 Å². The third-order valence-corrected chi connectivity index (χ3v) is 2.62. The van der Waals surface area contributed by atoms with Crippen LogP contribution in [0.3, 0.4) is 0 Å². The summed E-state index contributed by atoms with van der Waals surface area (Å²) in [5, 5.41) is 9.62. The fraction of sp³-hybridized carbons (Fsp3) is 1.00. The lowest BCUT2D eigenvalue weighted by Crippen LogP contribution is -2.24. The molecule has 86 valence electrons. The highest BCUT2D eigenvalue weighted by molar-refractivity contribution is 4.64. The summed E-state index contributed by atoms with van der Waals surface area (Å²) in [5.74, 6) is 0.643. The first-order valence-corrected chi connectivity index (χ1v) is 5.26. The highest BCUT2D eigenvalue weighted by atomic mass is 16.7. The molecule has 14 heavy (non-hydrogen) atoms. The van der Waals surface area contributed by atoms with Gasteiger partial charge >= 0.3 is 0 Å². The van der Waals surface area contributed by atoms with E-state index < -0.39 is 0 Å². The number of ether oxygens (including phenoxy) is 2. The van der Waals surface area contributed by atoms with Crippen LogP contribution in [-0.4, -0.2) is 31.7 Å². The molecule has 0 aromatic carbocycles. The number of hydrogen-bond donors (Lipinski definition) is 1. The molecule has 0 aromatic rings. The van der Waals surface area contributed by atoms with Gasteiger partial charge in [-0.15, -0.1) is 0 Å². The molecule has 0 aliphatic rings. The Morgan fingerprint density at radius 1 is 1.00 bits per heavy atom. The van der Waals surface area contributed by atoms with Crippen LogP contribution in [0.2, 0.25) is 0 Å². The highest BCUT2D eigenvalue weighted by Gasteiger charge is 2.18. The van der Waals surface area contributed by atoms with Gasteiger partial charge in [0, 0.05) is 20.1 Å². The summed E-state index contributed by atoms with van der Waals surface area (Å²) in [6.07, 6.45) is 1.36. The highest BCUT2D eigenvalue weighted by Crippen LogP contribution is 2.17. The molecule has 0 aliphatic heterocycles. The predicted molar refractivity (Wildman–Crippen MR) is 57.0 cm³/mol. The van der Waals surface area contributed by atoms with E-state index in [9.17, 15) is 5.11 Å². The van der Waals surface area contributed by atoms with E-state index in [0.29, 0.717) is 11.8 Å². The molecule has 3 heteroatoms. The van der Waals surface area contributed by atoms with Crippen LogP contribution in [0.15, 0.2) is 0 Å². The second-order valence-corrected chi connectivity index (χ2v) is 4.21. The van der Waals surface area contributed by atoms with Crippen molar-refractivity contribution in [1.29, 1.82) is 0 Å². The van der Waals surface area contributed by atoms with E-state index in [1.807, 2.05) is 13.8 Å². The van der Waals surface area contributed by atoms with Crippen LogP contribution in [0.1, 0.15) is 33.6 Å². The van der Waals surface area contributed by atoms with Gasteiger partial charge in [0.25, 0.3) is 0 Å². The minimum atomic E-state index is -0.216. The van der Waals surface area contributed by atoms with Crippen molar-refractivity contribution in [3.05, 3.63) is 0 Å². The van der Waals surface area contributed by atoms with E-state index in [1.165, 1.54) is 0 Å². The van der Waals surface area contributed by atoms with Crippen LogP contribution in [0.5, 0.6) is 0 Å². The Hall–Kier alpha value is -0.120. The quantitative estimate of drug-likeness (QED) is 0.645. The van der Waals surface area contributed by atoms with E-state index in [1.54, 1.807) is 14.2 Å². The van der Waals surface area contributed by atoms with E-state index >= 15 is 0 Å². The average Bonchev–Trinajstić information content (AvgIpc) is 2.15. The molecule has 0 amide bonds. The number of rotatable bonds is 7. The van der Waals surface area contributed by atoms with Gasteiger partial charge in [-0.2, -0.15) is 0 Å². The zero-order valence-corrected chi connectivity index (χ0v) is 9.99. The van der Waals surface area contributed by atoms with Gasteiger partial charge in [-0.25, -0.2) is 0 Å². The summed E-state index contributed by atoms with van der Waals surface area (Å²) >= 11 is 0. The molecule has 3 nitrogen and oxygen atoms in total. The number of aliphatic hydroxyl groups excluding tert-OH is 1. The summed E-state index contributed by atoms with van der Waals surface area (Å²) in [5.41, 5.74) is 0. The Balaban J connectivity index is 3.77. The lowest BCUT2D eigenvalue weighted by molar-refractivity contribution is -0.136. The molecule has 2 unspecified atom stereocenters. The Bertz CT molecular complexity index is 132. The van der Waals surface area contributed by atoms with Crippen molar-refractivity contribution in [1.82, 2.24) is 0 Å². The molecule has 0 radical (unpaired) electrons. The fourth-order valence-corrected chi connectivity index (χ4v) is 1.46. The topological polar surface area (TPSA) is 38.7 Å². The second-order valence-electron chi connectivity index (χ2n) is 4.21. The fourth-order valence-electron chi connectivity index (χ4n) is 1.46. The molecular formula is C11H24O3. The summed E-state index contributed by atoms with van der Waals surface area (Å²) in [6, 6.07) is 0. The van der Waals surface area contributed by atoms with Gasteiger partial charge < -0.3 is 14.6 Å². The number of methoxy groups -OCH3 is 2. The Morgan fingerprint density at radius 3 is 1.86 bits per heavy atom. The van der Waals surface area contributed by atoms with Gasteiger partial charge in [0.05, 0.1) is 6.10 Å². The number of aliphatic hydroxyl groups is 1. The van der Waals surface area contributed by atoms with Crippen LogP contribution in [0.25, 0.3) is 0 Å². The smallest absolute Gasteiger partial charge is 0.159 e. The van der Waals surface area contributed by atoms with E-state index in [4.69, 9.17) is 9.47 Å². The van der Waals surface area contributed by atoms with Crippen molar-refractivity contribution in [2.75, 3.05) is 14.2 Å². The maximum absolute atomic E-state index is 9.62. The van der Waals surface area contributed by atoms with Crippen molar-refractivity contribution in [2.45, 2.75) is 46.0 Å². The zero-order valence-electron chi connectivity index (χ0n) is 9.99. The summed E-state index contributed by atoms with van der Waals surface area (Å²) < 4.78 is 10.3. The molecule has 0 rings (SSSR count). The maximum atomic E-state index is 9.62. The molecule has 0 bridgehead atoms. The molecule has 0 fully saturated rings. The first kappa shape index (κ1) is 13.9. The summed E-state index contributed by atoms with van der Waals surface area (Å²) in [6.45, 7) is 6.13. The van der Waals surface area contributed by atoms with E-state index in [-0.39, 0.29) is 12.4 Å². The molecule has 0 spiro atoms. The van der Waals surface area contributed by atoms with Crippen LogP contribution in [0, 0.1) is 11.8 Å². The van der Waals surface area contributed by atoms with Crippen LogP contribution in [0.4, 0.5) is 0 Å². The van der Waals surface area contributed by atoms with Crippen LogP contribution in [-0.2, 0) is 9.47 Å². The third-order valence-electron chi connectivity index (χ3n) is 2.62. The summed E-state index contributed by atoms with van der Waals surface area (Å²) in [4.78, 5) is 0. The van der Waals surface area contributed by atoms with Crippen molar-refractivity contribution in [2.24, 2.45) is 11.8 Å². The van der Waals surface area contributed by atoms with Crippen LogP contribution < -0.4 is 0 Å². The first-order valence-electron chi connectivity index (χ1n) is 5.26. The minimum Gasteiger partial charge on any atom is -0.393 e. The predicted octanol–water partition coefficient (Wildman–Crippen LogP) is 2.04. The molecule has 0 saturated carbocycles. The van der Waals surface area contributed by atoms with E-state index in [2.05, 4.69) is 6.92 Å². The molecule has 1 N–H and O–H groups in total. The van der Waals surface area contributed by atoms with Gasteiger partial charge in [0.1, 0.15) is 0 Å². The lowest BCUT2D eigenvalue weighted by atomic mass is 9.97. The van der Waals surface area contributed by atoms with Gasteiger partial charge in [0.2, 0.25) is 0 Å². The Labute approximate surface area is 87.4 Å². The second kappa shape index (κ2) is 7.21. The molecule has 0 saturated heterocycles. The van der Waals surface area contributed by atoms with Crippen LogP contribution >= 0.6 is 0 Å². The molecule has 2 atom stereocenters. The first-order chi connectivity index (χ1) is 6.52. The average molecular weight is 204 g/mol. The van der Waals surface area contributed by atoms with Crippen molar-refractivity contribution >= 4 is 0 Å². The largest absolute Gasteiger partial charge is 0.393 e. The van der Waals surface area contributed by atoms with Crippen molar-refractivity contribution < 1.29 is 14.6 Å². The van der Waals surface area contributed by atoms with E-state index in [0.717, 1.165) is 12.8 Å². The van der Waals surface area contributed by atoms with Crippen molar-refractivity contribution in [3.63, 3.8) is 0 Å². The molecule has 0 aromatic heterocycles. The monoisotopic (exact) mass is 204 g/mol.